The number of carbonyl (C=O) groups excluding carboxylic acids is 1. The number of hydrogen-bond acceptors (Lipinski definition) is 3. The monoisotopic (exact) mass is 352 g/mol. The lowest BCUT2D eigenvalue weighted by Gasteiger charge is -2.10. The number of hydrogen-bond donors (Lipinski definition) is 0. The van der Waals surface area contributed by atoms with Crippen molar-refractivity contribution in [3.05, 3.63) is 57.8 Å². The minimum absolute atomic E-state index is 0.121. The molecule has 2 aromatic rings. The number of ether oxygens (including phenoxy) is 2. The molecule has 2 rings (SSSR count). The van der Waals surface area contributed by atoms with Crippen molar-refractivity contribution in [2.24, 2.45) is 0 Å². The van der Waals surface area contributed by atoms with Crippen LogP contribution in [0.25, 0.3) is 0 Å². The molecule has 3 nitrogen and oxygen atoms in total. The van der Waals surface area contributed by atoms with Gasteiger partial charge in [-0.05, 0) is 51.8 Å². The average molecular weight is 353 g/mol. The number of halogens is 2. The van der Waals surface area contributed by atoms with Crippen LogP contribution in [-0.2, 0) is 6.42 Å². The molecule has 0 heterocycles. The van der Waals surface area contributed by atoms with Gasteiger partial charge in [0.25, 0.3) is 0 Å². The number of benzene rings is 2. The molecule has 0 spiro atoms. The van der Waals surface area contributed by atoms with Crippen LogP contribution in [0.5, 0.6) is 11.5 Å². The molecule has 0 bridgehead atoms. The highest BCUT2D eigenvalue weighted by atomic mass is 79.9. The molecule has 0 aliphatic heterocycles. The predicted molar refractivity (Wildman–Crippen MR) is 81.7 cm³/mol. The lowest BCUT2D eigenvalue weighted by Crippen LogP contribution is -2.06. The average Bonchev–Trinajstić information content (AvgIpc) is 2.50. The molecule has 0 aromatic heterocycles. The predicted octanol–water partition coefficient (Wildman–Crippen LogP) is 4.03. The summed E-state index contributed by atoms with van der Waals surface area (Å²) in [6.07, 6.45) is 0.155. The zero-order valence-corrected chi connectivity index (χ0v) is 13.2. The van der Waals surface area contributed by atoms with Crippen LogP contribution in [0.1, 0.15) is 15.9 Å². The summed E-state index contributed by atoms with van der Waals surface area (Å²) in [5.41, 5.74) is 1.16. The lowest BCUT2D eigenvalue weighted by molar-refractivity contribution is 0.0989. The molecule has 0 saturated carbocycles. The van der Waals surface area contributed by atoms with Crippen LogP contribution in [0, 0.1) is 5.82 Å². The molecule has 110 valence electrons. The van der Waals surface area contributed by atoms with Crippen molar-refractivity contribution in [2.75, 3.05) is 14.2 Å². The van der Waals surface area contributed by atoms with Crippen molar-refractivity contribution in [1.82, 2.24) is 0 Å². The summed E-state index contributed by atoms with van der Waals surface area (Å²) < 4.78 is 23.9. The summed E-state index contributed by atoms with van der Waals surface area (Å²) in [5, 5.41) is 0. The Hall–Kier alpha value is -1.88. The van der Waals surface area contributed by atoms with Crippen molar-refractivity contribution in [3.63, 3.8) is 0 Å². The van der Waals surface area contributed by atoms with Crippen LogP contribution in [0.2, 0.25) is 0 Å². The number of rotatable bonds is 5. The van der Waals surface area contributed by atoms with E-state index < -0.39 is 0 Å². The first-order valence-electron chi connectivity index (χ1n) is 6.24. The number of carbonyl (C=O) groups is 1. The third-order valence-electron chi connectivity index (χ3n) is 3.06. The van der Waals surface area contributed by atoms with Gasteiger partial charge in [0.05, 0.1) is 24.3 Å². The third kappa shape index (κ3) is 3.61. The summed E-state index contributed by atoms with van der Waals surface area (Å²) >= 11 is 3.11. The van der Waals surface area contributed by atoms with Gasteiger partial charge in [0, 0.05) is 6.42 Å². The SMILES string of the molecule is COc1ccc(OC)c(C(=O)Cc2ccc(F)c(Br)c2)c1. The van der Waals surface area contributed by atoms with Crippen LogP contribution in [0.3, 0.4) is 0 Å². The van der Waals surface area contributed by atoms with Crippen LogP contribution >= 0.6 is 15.9 Å². The molecule has 0 amide bonds. The Balaban J connectivity index is 2.28. The Labute approximate surface area is 130 Å². The van der Waals surface area contributed by atoms with E-state index in [2.05, 4.69) is 15.9 Å². The van der Waals surface area contributed by atoms with E-state index in [0.717, 1.165) is 5.56 Å². The molecule has 0 radical (unpaired) electrons. The molecule has 0 saturated heterocycles. The molecule has 0 aliphatic carbocycles. The molecule has 0 N–H and O–H groups in total. The smallest absolute Gasteiger partial charge is 0.171 e. The van der Waals surface area contributed by atoms with Gasteiger partial charge in [-0.15, -0.1) is 0 Å². The molecule has 21 heavy (non-hydrogen) atoms. The quantitative estimate of drug-likeness (QED) is 0.762. The van der Waals surface area contributed by atoms with Gasteiger partial charge in [-0.1, -0.05) is 6.07 Å². The maximum Gasteiger partial charge on any atom is 0.171 e. The molecule has 0 unspecified atom stereocenters. The minimum atomic E-state index is -0.356. The fraction of sp³-hybridized carbons (Fsp3) is 0.188. The Morgan fingerprint density at radius 2 is 1.90 bits per heavy atom. The molecule has 0 atom stereocenters. The van der Waals surface area contributed by atoms with Crippen molar-refractivity contribution >= 4 is 21.7 Å². The largest absolute Gasteiger partial charge is 0.497 e. The van der Waals surface area contributed by atoms with Gasteiger partial charge in [0.2, 0.25) is 0 Å². The number of ketones is 1. The molecular weight excluding hydrogens is 339 g/mol. The molecule has 2 aromatic carbocycles. The van der Waals surface area contributed by atoms with Gasteiger partial charge >= 0.3 is 0 Å². The van der Waals surface area contributed by atoms with Crippen molar-refractivity contribution in [2.45, 2.75) is 6.42 Å². The van der Waals surface area contributed by atoms with Gasteiger partial charge in [-0.3, -0.25) is 4.79 Å². The molecular formula is C16H14BrFO3. The summed E-state index contributed by atoms with van der Waals surface area (Å²) in [5.74, 6) is 0.593. The maximum absolute atomic E-state index is 13.2. The Bertz CT molecular complexity index is 671. The van der Waals surface area contributed by atoms with Crippen LogP contribution in [0.4, 0.5) is 4.39 Å². The molecule has 0 aliphatic rings. The topological polar surface area (TPSA) is 35.5 Å². The van der Waals surface area contributed by atoms with Gasteiger partial charge in [-0.2, -0.15) is 0 Å². The minimum Gasteiger partial charge on any atom is -0.497 e. The van der Waals surface area contributed by atoms with Gasteiger partial charge in [-0.25, -0.2) is 4.39 Å². The van der Waals surface area contributed by atoms with E-state index in [1.165, 1.54) is 20.3 Å². The highest BCUT2D eigenvalue weighted by Gasteiger charge is 2.15. The molecule has 5 heteroatoms. The first-order chi connectivity index (χ1) is 10.0. The summed E-state index contributed by atoms with van der Waals surface area (Å²) in [6, 6.07) is 9.57. The van der Waals surface area contributed by atoms with E-state index in [4.69, 9.17) is 9.47 Å². The highest BCUT2D eigenvalue weighted by Crippen LogP contribution is 2.26. The number of methoxy groups -OCH3 is 2. The first-order valence-corrected chi connectivity index (χ1v) is 7.03. The Morgan fingerprint density at radius 3 is 2.52 bits per heavy atom. The zero-order valence-electron chi connectivity index (χ0n) is 11.7. The summed E-state index contributed by atoms with van der Waals surface area (Å²) in [4.78, 5) is 12.4. The first kappa shape index (κ1) is 15.5. The van der Waals surface area contributed by atoms with Gasteiger partial charge in [0.1, 0.15) is 17.3 Å². The van der Waals surface area contributed by atoms with E-state index in [0.29, 0.717) is 21.5 Å². The van der Waals surface area contributed by atoms with Crippen molar-refractivity contribution in [1.29, 1.82) is 0 Å². The van der Waals surface area contributed by atoms with Gasteiger partial charge in [0.15, 0.2) is 5.78 Å². The normalized spacial score (nSPS) is 10.3. The van der Waals surface area contributed by atoms with E-state index in [1.54, 1.807) is 30.3 Å². The van der Waals surface area contributed by atoms with Crippen molar-refractivity contribution < 1.29 is 18.7 Å². The lowest BCUT2D eigenvalue weighted by atomic mass is 10.0. The van der Waals surface area contributed by atoms with Crippen molar-refractivity contribution in [3.8, 4) is 11.5 Å². The second kappa shape index (κ2) is 6.72. The standard InChI is InChI=1S/C16H14BrFO3/c1-20-11-4-6-16(21-2)12(9-11)15(19)8-10-3-5-14(18)13(17)7-10/h3-7,9H,8H2,1-2H3. The zero-order chi connectivity index (χ0) is 15.4. The second-order valence-electron chi connectivity index (χ2n) is 4.41. The van der Waals surface area contributed by atoms with E-state index in [1.807, 2.05) is 0 Å². The van der Waals surface area contributed by atoms with E-state index >= 15 is 0 Å². The Kier molecular flexibility index (Phi) is 4.96. The fourth-order valence-electron chi connectivity index (χ4n) is 1.96. The van der Waals surface area contributed by atoms with Crippen LogP contribution in [0.15, 0.2) is 40.9 Å². The van der Waals surface area contributed by atoms with Crippen LogP contribution < -0.4 is 9.47 Å². The van der Waals surface area contributed by atoms with E-state index in [9.17, 15) is 9.18 Å². The summed E-state index contributed by atoms with van der Waals surface area (Å²) in [6.45, 7) is 0. The second-order valence-corrected chi connectivity index (χ2v) is 5.27. The maximum atomic E-state index is 13.2. The fourth-order valence-corrected chi connectivity index (χ4v) is 2.39. The number of Topliss-reactive ketones (excluding diaryl/α,β-unsaturated/α-hetero) is 1. The van der Waals surface area contributed by atoms with Crippen LogP contribution in [-0.4, -0.2) is 20.0 Å². The highest BCUT2D eigenvalue weighted by molar-refractivity contribution is 9.10. The van der Waals surface area contributed by atoms with E-state index in [-0.39, 0.29) is 18.0 Å². The summed E-state index contributed by atoms with van der Waals surface area (Å²) in [7, 11) is 3.04. The Morgan fingerprint density at radius 1 is 1.14 bits per heavy atom. The third-order valence-corrected chi connectivity index (χ3v) is 3.66. The molecule has 0 fully saturated rings. The van der Waals surface area contributed by atoms with Gasteiger partial charge < -0.3 is 9.47 Å².